The summed E-state index contributed by atoms with van der Waals surface area (Å²) in [4.78, 5) is 16.4. The largest absolute Gasteiger partial charge is 0.330 e. The second kappa shape index (κ2) is 6.80. The molecule has 0 spiro atoms. The average Bonchev–Trinajstić information content (AvgIpc) is 3.11. The first kappa shape index (κ1) is 16.8. The third kappa shape index (κ3) is 2.75. The van der Waals surface area contributed by atoms with Crippen LogP contribution in [-0.4, -0.2) is 23.9 Å². The van der Waals surface area contributed by atoms with Crippen molar-refractivity contribution in [2.45, 2.75) is 24.8 Å². The molecule has 3 nitrogen and oxygen atoms in total. The number of carbonyl (C=O) groups excluding carboxylic acids is 1. The van der Waals surface area contributed by atoms with Crippen molar-refractivity contribution in [2.24, 2.45) is 11.7 Å². The molecular formula is C20H22N2OS. The lowest BCUT2D eigenvalue weighted by molar-refractivity contribution is -0.135. The van der Waals surface area contributed by atoms with Gasteiger partial charge in [0.1, 0.15) is 0 Å². The highest BCUT2D eigenvalue weighted by Gasteiger charge is 2.62. The molecule has 1 unspecified atom stereocenters. The standard InChI is InChI=1S/C20H22N2OS/c1-3-11-22(15(2)16-8-5-4-6-9-16)19(23)20(13-17(20)14-21)18-10-7-12-24-18/h1,4-10,12,15,17H,11,13-14,21H2,2H3/t15?,17-,20-/m0/s1. The lowest BCUT2D eigenvalue weighted by Crippen LogP contribution is -2.42. The monoisotopic (exact) mass is 338 g/mol. The van der Waals surface area contributed by atoms with Crippen molar-refractivity contribution in [3.8, 4) is 12.3 Å². The highest BCUT2D eigenvalue weighted by Crippen LogP contribution is 2.56. The Balaban J connectivity index is 1.94. The molecule has 0 aliphatic heterocycles. The van der Waals surface area contributed by atoms with E-state index in [1.54, 1.807) is 11.3 Å². The summed E-state index contributed by atoms with van der Waals surface area (Å²) in [7, 11) is 0. The Morgan fingerprint density at radius 3 is 2.71 bits per heavy atom. The van der Waals surface area contributed by atoms with Crippen molar-refractivity contribution in [1.82, 2.24) is 4.90 Å². The summed E-state index contributed by atoms with van der Waals surface area (Å²) in [5.41, 5.74) is 6.52. The molecule has 1 aromatic heterocycles. The minimum absolute atomic E-state index is 0.0642. The third-order valence-corrected chi connectivity index (χ3v) is 6.05. The van der Waals surface area contributed by atoms with E-state index in [0.717, 1.165) is 16.9 Å². The minimum Gasteiger partial charge on any atom is -0.330 e. The van der Waals surface area contributed by atoms with E-state index in [1.807, 2.05) is 59.7 Å². The van der Waals surface area contributed by atoms with Gasteiger partial charge in [0.2, 0.25) is 5.91 Å². The summed E-state index contributed by atoms with van der Waals surface area (Å²) in [6.45, 7) is 2.86. The van der Waals surface area contributed by atoms with Gasteiger partial charge < -0.3 is 10.6 Å². The number of hydrogen-bond donors (Lipinski definition) is 1. The van der Waals surface area contributed by atoms with Crippen LogP contribution in [0.1, 0.15) is 29.8 Å². The molecule has 1 aliphatic rings. The smallest absolute Gasteiger partial charge is 0.235 e. The number of benzene rings is 1. The zero-order chi connectivity index (χ0) is 17.2. The number of rotatable bonds is 6. The number of carbonyl (C=O) groups is 1. The lowest BCUT2D eigenvalue weighted by Gasteiger charge is -2.32. The summed E-state index contributed by atoms with van der Waals surface area (Å²) in [5, 5.41) is 2.02. The van der Waals surface area contributed by atoms with Crippen LogP contribution in [0.25, 0.3) is 0 Å². The lowest BCUT2D eigenvalue weighted by atomic mass is 9.96. The molecule has 4 heteroatoms. The summed E-state index contributed by atoms with van der Waals surface area (Å²) in [6.07, 6.45) is 6.38. The van der Waals surface area contributed by atoms with Gasteiger partial charge in [-0.05, 0) is 42.8 Å². The van der Waals surface area contributed by atoms with Crippen LogP contribution in [0.2, 0.25) is 0 Å². The van der Waals surface area contributed by atoms with Gasteiger partial charge in [0.15, 0.2) is 0 Å². The molecule has 1 fully saturated rings. The van der Waals surface area contributed by atoms with Crippen LogP contribution in [0.3, 0.4) is 0 Å². The van der Waals surface area contributed by atoms with Crippen molar-refractivity contribution >= 4 is 17.2 Å². The Hall–Kier alpha value is -2.09. The Labute approximate surface area is 147 Å². The molecule has 0 bridgehead atoms. The van der Waals surface area contributed by atoms with Crippen LogP contribution in [0, 0.1) is 18.3 Å². The van der Waals surface area contributed by atoms with E-state index in [0.29, 0.717) is 13.1 Å². The van der Waals surface area contributed by atoms with E-state index in [4.69, 9.17) is 12.2 Å². The van der Waals surface area contributed by atoms with E-state index in [2.05, 4.69) is 5.92 Å². The molecule has 0 radical (unpaired) electrons. The van der Waals surface area contributed by atoms with Crippen LogP contribution in [0.4, 0.5) is 0 Å². The number of amides is 1. The van der Waals surface area contributed by atoms with Gasteiger partial charge in [0.05, 0.1) is 18.0 Å². The highest BCUT2D eigenvalue weighted by molar-refractivity contribution is 7.10. The van der Waals surface area contributed by atoms with Crippen molar-refractivity contribution in [2.75, 3.05) is 13.1 Å². The summed E-state index contributed by atoms with van der Waals surface area (Å²) >= 11 is 1.63. The fourth-order valence-electron chi connectivity index (χ4n) is 3.47. The Morgan fingerprint density at radius 2 is 2.17 bits per heavy atom. The topological polar surface area (TPSA) is 46.3 Å². The van der Waals surface area contributed by atoms with Crippen molar-refractivity contribution in [3.63, 3.8) is 0 Å². The summed E-state index contributed by atoms with van der Waals surface area (Å²) in [5.74, 6) is 2.96. The molecule has 3 rings (SSSR count). The highest BCUT2D eigenvalue weighted by atomic mass is 32.1. The van der Waals surface area contributed by atoms with Gasteiger partial charge in [-0.15, -0.1) is 17.8 Å². The maximum absolute atomic E-state index is 13.5. The first-order valence-electron chi connectivity index (χ1n) is 8.18. The SMILES string of the molecule is C#CCN(C(=O)[C@@]1(c2cccs2)C[C@H]1CN)C(C)c1ccccc1. The Kier molecular flexibility index (Phi) is 4.75. The fourth-order valence-corrected chi connectivity index (χ4v) is 4.47. The molecular weight excluding hydrogens is 316 g/mol. The normalized spacial score (nSPS) is 23.3. The second-order valence-electron chi connectivity index (χ2n) is 6.31. The van der Waals surface area contributed by atoms with Gasteiger partial charge in [-0.25, -0.2) is 0 Å². The predicted octanol–water partition coefficient (Wildman–Crippen LogP) is 3.19. The maximum Gasteiger partial charge on any atom is 0.235 e. The molecule has 24 heavy (non-hydrogen) atoms. The Bertz CT molecular complexity index is 735. The van der Waals surface area contributed by atoms with Crippen LogP contribution in [0.5, 0.6) is 0 Å². The number of nitrogens with two attached hydrogens (primary N) is 1. The number of nitrogens with zero attached hydrogens (tertiary/aromatic N) is 1. The first-order chi connectivity index (χ1) is 11.6. The zero-order valence-electron chi connectivity index (χ0n) is 13.8. The zero-order valence-corrected chi connectivity index (χ0v) is 14.6. The molecule has 1 saturated carbocycles. The van der Waals surface area contributed by atoms with Gasteiger partial charge in [0, 0.05) is 4.88 Å². The molecule has 3 atom stereocenters. The van der Waals surface area contributed by atoms with Gasteiger partial charge in [-0.3, -0.25) is 4.79 Å². The summed E-state index contributed by atoms with van der Waals surface area (Å²) < 4.78 is 0. The molecule has 1 aliphatic carbocycles. The van der Waals surface area contributed by atoms with Crippen molar-refractivity contribution in [3.05, 3.63) is 58.3 Å². The number of hydrogen-bond acceptors (Lipinski definition) is 3. The van der Waals surface area contributed by atoms with Crippen LogP contribution in [-0.2, 0) is 10.2 Å². The van der Waals surface area contributed by atoms with Gasteiger partial charge in [-0.2, -0.15) is 0 Å². The average molecular weight is 338 g/mol. The molecule has 1 aromatic carbocycles. The third-order valence-electron chi connectivity index (χ3n) is 5.00. The summed E-state index contributed by atoms with van der Waals surface area (Å²) in [6, 6.07) is 14.0. The number of thiophene rings is 1. The van der Waals surface area contributed by atoms with Crippen LogP contribution >= 0.6 is 11.3 Å². The molecule has 124 valence electrons. The maximum atomic E-state index is 13.5. The van der Waals surface area contributed by atoms with Crippen molar-refractivity contribution in [1.29, 1.82) is 0 Å². The van der Waals surface area contributed by atoms with Gasteiger partial charge in [0.25, 0.3) is 0 Å². The first-order valence-corrected chi connectivity index (χ1v) is 9.06. The Morgan fingerprint density at radius 1 is 1.42 bits per heavy atom. The van der Waals surface area contributed by atoms with E-state index < -0.39 is 5.41 Å². The van der Waals surface area contributed by atoms with Gasteiger partial charge in [-0.1, -0.05) is 42.3 Å². The molecule has 1 amide bonds. The van der Waals surface area contributed by atoms with Crippen molar-refractivity contribution < 1.29 is 4.79 Å². The van der Waals surface area contributed by atoms with E-state index in [9.17, 15) is 4.79 Å². The molecule has 2 N–H and O–H groups in total. The van der Waals surface area contributed by atoms with E-state index >= 15 is 0 Å². The predicted molar refractivity (Wildman–Crippen MR) is 98.6 cm³/mol. The number of terminal acetylenes is 1. The molecule has 0 saturated heterocycles. The molecule has 2 aromatic rings. The van der Waals surface area contributed by atoms with E-state index in [1.165, 1.54) is 0 Å². The fraction of sp³-hybridized carbons (Fsp3) is 0.350. The van der Waals surface area contributed by atoms with Gasteiger partial charge >= 0.3 is 0 Å². The molecule has 1 heterocycles. The van der Waals surface area contributed by atoms with Crippen LogP contribution < -0.4 is 5.73 Å². The van der Waals surface area contributed by atoms with Crippen LogP contribution in [0.15, 0.2) is 47.8 Å². The second-order valence-corrected chi connectivity index (χ2v) is 7.26. The minimum atomic E-state index is -0.483. The van der Waals surface area contributed by atoms with E-state index in [-0.39, 0.29) is 17.9 Å². The quantitative estimate of drug-likeness (QED) is 0.822.